The molecule has 0 radical (unpaired) electrons. The molecule has 7 heteroatoms. The van der Waals surface area contributed by atoms with E-state index < -0.39 is 23.4 Å². The van der Waals surface area contributed by atoms with Crippen molar-refractivity contribution in [1.29, 1.82) is 0 Å². The molecule has 0 aliphatic heterocycles. The summed E-state index contributed by atoms with van der Waals surface area (Å²) in [5.41, 5.74) is 1.72. The quantitative estimate of drug-likeness (QED) is 0.347. The summed E-state index contributed by atoms with van der Waals surface area (Å²) >= 11 is 0. The normalized spacial score (nSPS) is 11.5. The zero-order valence-corrected chi connectivity index (χ0v) is 15.3. The molecule has 3 aromatic carbocycles. The van der Waals surface area contributed by atoms with Gasteiger partial charge < -0.3 is 0 Å². The van der Waals surface area contributed by atoms with Gasteiger partial charge in [-0.25, -0.2) is 8.78 Å². The third kappa shape index (κ3) is 3.91. The molecule has 0 atom stereocenters. The van der Waals surface area contributed by atoms with Crippen molar-refractivity contribution in [3.63, 3.8) is 0 Å². The van der Waals surface area contributed by atoms with E-state index in [0.29, 0.717) is 16.8 Å². The average molecular weight is 412 g/mol. The molecule has 0 unspecified atom stereocenters. The molecule has 4 rings (SSSR count). The minimum atomic E-state index is -4.38. The number of aromatic nitrogens is 2. The maximum Gasteiger partial charge on any atom is 0.416 e. The Hall–Kier alpha value is -3.61. The van der Waals surface area contributed by atoms with Crippen molar-refractivity contribution in [2.24, 2.45) is 0 Å². The first-order valence-corrected chi connectivity index (χ1v) is 8.89. The number of alkyl halides is 3. The lowest BCUT2D eigenvalue weighted by Gasteiger charge is -2.08. The minimum Gasteiger partial charge on any atom is -0.206 e. The van der Waals surface area contributed by atoms with Crippen LogP contribution in [0.4, 0.5) is 22.0 Å². The number of rotatable bonds is 3. The van der Waals surface area contributed by atoms with Crippen molar-refractivity contribution in [3.05, 3.63) is 96.1 Å². The summed E-state index contributed by atoms with van der Waals surface area (Å²) < 4.78 is 65.8. The highest BCUT2D eigenvalue weighted by atomic mass is 19.4. The second-order valence-electron chi connectivity index (χ2n) is 6.55. The molecule has 0 aliphatic carbocycles. The Morgan fingerprint density at radius 2 is 1.00 bits per heavy atom. The fourth-order valence-corrected chi connectivity index (χ4v) is 3.05. The smallest absolute Gasteiger partial charge is 0.206 e. The SMILES string of the molecule is Fc1cccc(F)c1-c1ccc(-c2ccc(-c3ccc(C(F)(F)F)cc3)cc2)nn1. The first-order valence-electron chi connectivity index (χ1n) is 8.89. The largest absolute Gasteiger partial charge is 0.416 e. The van der Waals surface area contributed by atoms with Gasteiger partial charge in [0.1, 0.15) is 11.6 Å². The molecule has 4 aromatic rings. The zero-order valence-electron chi connectivity index (χ0n) is 15.3. The van der Waals surface area contributed by atoms with E-state index in [-0.39, 0.29) is 11.3 Å². The van der Waals surface area contributed by atoms with Crippen molar-refractivity contribution in [1.82, 2.24) is 10.2 Å². The van der Waals surface area contributed by atoms with E-state index in [2.05, 4.69) is 10.2 Å². The molecule has 1 heterocycles. The van der Waals surface area contributed by atoms with Gasteiger partial charge >= 0.3 is 6.18 Å². The Bertz CT molecular complexity index is 1150. The third-order valence-electron chi connectivity index (χ3n) is 4.61. The maximum atomic E-state index is 13.9. The van der Waals surface area contributed by atoms with Crippen LogP contribution in [0.2, 0.25) is 0 Å². The molecule has 1 aromatic heterocycles. The van der Waals surface area contributed by atoms with Crippen molar-refractivity contribution in [2.45, 2.75) is 6.18 Å². The van der Waals surface area contributed by atoms with E-state index in [4.69, 9.17) is 0 Å². The highest BCUT2D eigenvalue weighted by molar-refractivity contribution is 5.70. The molecule has 30 heavy (non-hydrogen) atoms. The van der Waals surface area contributed by atoms with Crippen LogP contribution in [0, 0.1) is 11.6 Å². The molecule has 0 N–H and O–H groups in total. The Morgan fingerprint density at radius 1 is 0.533 bits per heavy atom. The minimum absolute atomic E-state index is 0.0794. The number of hydrogen-bond acceptors (Lipinski definition) is 2. The highest BCUT2D eigenvalue weighted by Gasteiger charge is 2.29. The van der Waals surface area contributed by atoms with E-state index in [0.717, 1.165) is 29.8 Å². The topological polar surface area (TPSA) is 25.8 Å². The number of benzene rings is 3. The van der Waals surface area contributed by atoms with E-state index >= 15 is 0 Å². The second-order valence-corrected chi connectivity index (χ2v) is 6.55. The van der Waals surface area contributed by atoms with Gasteiger partial charge in [-0.2, -0.15) is 13.2 Å². The van der Waals surface area contributed by atoms with Gasteiger partial charge in [0, 0.05) is 5.56 Å². The molecule has 150 valence electrons. The lowest BCUT2D eigenvalue weighted by atomic mass is 10.0. The lowest BCUT2D eigenvalue weighted by molar-refractivity contribution is -0.137. The van der Waals surface area contributed by atoms with Crippen LogP contribution in [-0.2, 0) is 6.18 Å². The third-order valence-corrected chi connectivity index (χ3v) is 4.61. The number of halogens is 5. The molecule has 0 saturated carbocycles. The molecule has 0 saturated heterocycles. The molecule has 0 amide bonds. The highest BCUT2D eigenvalue weighted by Crippen LogP contribution is 2.31. The van der Waals surface area contributed by atoms with Crippen LogP contribution in [0.5, 0.6) is 0 Å². The molecule has 0 spiro atoms. The van der Waals surface area contributed by atoms with Gasteiger partial charge in [-0.15, -0.1) is 10.2 Å². The molecule has 0 aliphatic rings. The Morgan fingerprint density at radius 3 is 1.50 bits per heavy atom. The summed E-state index contributed by atoms with van der Waals surface area (Å²) in [7, 11) is 0. The Labute approximate surface area is 168 Å². The molecule has 0 bridgehead atoms. The maximum absolute atomic E-state index is 13.9. The van der Waals surface area contributed by atoms with Crippen molar-refractivity contribution in [2.75, 3.05) is 0 Å². The van der Waals surface area contributed by atoms with Gasteiger partial charge in [0.05, 0.1) is 22.5 Å². The molecular formula is C23H13F5N2. The summed E-state index contributed by atoms with van der Waals surface area (Å²) in [5.74, 6) is -1.45. The van der Waals surface area contributed by atoms with Crippen molar-refractivity contribution < 1.29 is 22.0 Å². The van der Waals surface area contributed by atoms with Gasteiger partial charge in [0.25, 0.3) is 0 Å². The number of hydrogen-bond donors (Lipinski definition) is 0. The average Bonchev–Trinajstić information content (AvgIpc) is 2.74. The van der Waals surface area contributed by atoms with E-state index in [1.54, 1.807) is 30.3 Å². The van der Waals surface area contributed by atoms with Crippen LogP contribution < -0.4 is 0 Å². The Balaban J connectivity index is 1.57. The predicted molar refractivity (Wildman–Crippen MR) is 103 cm³/mol. The summed E-state index contributed by atoms with van der Waals surface area (Å²) in [6.45, 7) is 0. The standard InChI is InChI=1S/C23H13F5N2/c24-18-2-1-3-19(25)22(18)21-13-12-20(29-30-21)16-6-4-14(5-7-16)15-8-10-17(11-9-15)23(26,27)28/h1-13H. The number of nitrogens with zero attached hydrogens (tertiary/aromatic N) is 2. The summed E-state index contributed by atoms with van der Waals surface area (Å²) in [6, 6.07) is 18.6. The van der Waals surface area contributed by atoms with Crippen LogP contribution in [-0.4, -0.2) is 10.2 Å². The first-order chi connectivity index (χ1) is 14.3. The van der Waals surface area contributed by atoms with E-state index in [9.17, 15) is 22.0 Å². The van der Waals surface area contributed by atoms with Crippen LogP contribution >= 0.6 is 0 Å². The van der Waals surface area contributed by atoms with E-state index in [1.165, 1.54) is 24.3 Å². The van der Waals surface area contributed by atoms with Gasteiger partial charge in [-0.05, 0) is 47.5 Å². The van der Waals surface area contributed by atoms with Gasteiger partial charge in [-0.3, -0.25) is 0 Å². The van der Waals surface area contributed by atoms with Crippen molar-refractivity contribution >= 4 is 0 Å². The Kier molecular flexibility index (Phi) is 5.03. The van der Waals surface area contributed by atoms with Gasteiger partial charge in [0.15, 0.2) is 0 Å². The summed E-state index contributed by atoms with van der Waals surface area (Å²) in [4.78, 5) is 0. The van der Waals surface area contributed by atoms with Crippen LogP contribution in [0.25, 0.3) is 33.6 Å². The molecule has 0 fully saturated rings. The summed E-state index contributed by atoms with van der Waals surface area (Å²) in [6.07, 6.45) is -4.38. The molecular weight excluding hydrogens is 399 g/mol. The van der Waals surface area contributed by atoms with Crippen LogP contribution in [0.1, 0.15) is 5.56 Å². The van der Waals surface area contributed by atoms with Gasteiger partial charge in [-0.1, -0.05) is 42.5 Å². The zero-order chi connectivity index (χ0) is 21.3. The lowest BCUT2D eigenvalue weighted by Crippen LogP contribution is -2.03. The van der Waals surface area contributed by atoms with Crippen molar-refractivity contribution in [3.8, 4) is 33.6 Å². The first kappa shape index (κ1) is 19.7. The predicted octanol–water partition coefficient (Wildman–Crippen LogP) is 6.77. The van der Waals surface area contributed by atoms with Crippen LogP contribution in [0.15, 0.2) is 78.9 Å². The second kappa shape index (κ2) is 7.67. The van der Waals surface area contributed by atoms with E-state index in [1.807, 2.05) is 0 Å². The summed E-state index contributed by atoms with van der Waals surface area (Å²) in [5, 5.41) is 7.96. The monoisotopic (exact) mass is 412 g/mol. The fraction of sp³-hybridized carbons (Fsp3) is 0.0435. The molecule has 2 nitrogen and oxygen atoms in total. The van der Waals surface area contributed by atoms with Crippen LogP contribution in [0.3, 0.4) is 0 Å². The van der Waals surface area contributed by atoms with Gasteiger partial charge in [0.2, 0.25) is 0 Å². The fourth-order valence-electron chi connectivity index (χ4n) is 3.05.